The van der Waals surface area contributed by atoms with Gasteiger partial charge < -0.3 is 9.67 Å². The van der Waals surface area contributed by atoms with E-state index in [1.807, 2.05) is 35.0 Å². The third-order valence-corrected chi connectivity index (χ3v) is 3.75. The molecule has 0 aliphatic carbocycles. The molecule has 1 heterocycles. The smallest absolute Gasteiger partial charge is 0.307 e. The van der Waals surface area contributed by atoms with Crippen LogP contribution < -0.4 is 0 Å². The zero-order chi connectivity index (χ0) is 15.0. The predicted molar refractivity (Wildman–Crippen MR) is 84.6 cm³/mol. The zero-order valence-corrected chi connectivity index (χ0v) is 12.4. The van der Waals surface area contributed by atoms with Gasteiger partial charge in [0.25, 0.3) is 0 Å². The minimum absolute atomic E-state index is 0.0512. The number of carboxylic acids is 1. The molecule has 0 atom stereocenters. The lowest BCUT2D eigenvalue weighted by Gasteiger charge is -2.05. The lowest BCUT2D eigenvalue weighted by molar-refractivity contribution is -0.136. The van der Waals surface area contributed by atoms with Gasteiger partial charge in [-0.15, -0.1) is 0 Å². The molecule has 0 bridgehead atoms. The van der Waals surface area contributed by atoms with E-state index in [9.17, 15) is 4.79 Å². The molecule has 0 saturated carbocycles. The van der Waals surface area contributed by atoms with Gasteiger partial charge >= 0.3 is 5.97 Å². The molecule has 5 heteroatoms. The van der Waals surface area contributed by atoms with E-state index in [1.54, 1.807) is 18.2 Å². The van der Waals surface area contributed by atoms with Crippen molar-refractivity contribution in [3.05, 3.63) is 64.3 Å². The fourth-order valence-electron chi connectivity index (χ4n) is 2.41. The number of halogens is 2. The number of carboxylic acid groups (broad SMARTS) is 1. The number of fused-ring (bicyclic) bond motifs is 1. The van der Waals surface area contributed by atoms with Crippen LogP contribution in [0.4, 0.5) is 0 Å². The van der Waals surface area contributed by atoms with Crippen LogP contribution in [-0.4, -0.2) is 15.6 Å². The van der Waals surface area contributed by atoms with E-state index in [0.717, 1.165) is 22.2 Å². The van der Waals surface area contributed by atoms with Gasteiger partial charge in [-0.25, -0.2) is 0 Å². The second-order valence-corrected chi connectivity index (χ2v) is 5.61. The van der Waals surface area contributed by atoms with Crippen molar-refractivity contribution in [1.29, 1.82) is 0 Å². The molecule has 3 rings (SSSR count). The molecule has 0 aliphatic rings. The second-order valence-electron chi connectivity index (χ2n) is 4.74. The van der Waals surface area contributed by atoms with Crippen LogP contribution in [0.5, 0.6) is 0 Å². The predicted octanol–water partition coefficient (Wildman–Crippen LogP) is 4.56. The van der Waals surface area contributed by atoms with Gasteiger partial charge in [-0.2, -0.15) is 0 Å². The van der Waals surface area contributed by atoms with E-state index in [1.165, 1.54) is 0 Å². The summed E-state index contributed by atoms with van der Waals surface area (Å²) in [6.45, 7) is 0. The largest absolute Gasteiger partial charge is 0.481 e. The molecule has 0 aliphatic heterocycles. The first-order valence-electron chi connectivity index (χ1n) is 6.32. The molecular formula is C16H11Cl2NO2. The summed E-state index contributed by atoms with van der Waals surface area (Å²) >= 11 is 12.1. The Hall–Kier alpha value is -1.97. The lowest BCUT2D eigenvalue weighted by atomic mass is 10.1. The van der Waals surface area contributed by atoms with Crippen molar-refractivity contribution in [1.82, 2.24) is 4.57 Å². The Kier molecular flexibility index (Phi) is 3.62. The van der Waals surface area contributed by atoms with Gasteiger partial charge in [-0.1, -0.05) is 29.3 Å². The maximum Gasteiger partial charge on any atom is 0.307 e. The average molecular weight is 320 g/mol. The van der Waals surface area contributed by atoms with E-state index in [4.69, 9.17) is 28.3 Å². The highest BCUT2D eigenvalue weighted by Gasteiger charge is 2.13. The molecule has 3 aromatic rings. The molecule has 0 fully saturated rings. The molecule has 106 valence electrons. The van der Waals surface area contributed by atoms with Crippen LogP contribution in [0.15, 0.2) is 48.7 Å². The van der Waals surface area contributed by atoms with Crippen LogP contribution in [0.1, 0.15) is 5.56 Å². The number of rotatable bonds is 3. The van der Waals surface area contributed by atoms with Crippen molar-refractivity contribution in [2.24, 2.45) is 0 Å². The summed E-state index contributed by atoms with van der Waals surface area (Å²) in [7, 11) is 0. The quantitative estimate of drug-likeness (QED) is 0.768. The lowest BCUT2D eigenvalue weighted by Crippen LogP contribution is -1.99. The highest BCUT2D eigenvalue weighted by atomic mass is 35.5. The highest BCUT2D eigenvalue weighted by molar-refractivity contribution is 6.31. The number of nitrogens with zero attached hydrogens (tertiary/aromatic N) is 1. The Balaban J connectivity index is 2.26. The molecular weight excluding hydrogens is 309 g/mol. The summed E-state index contributed by atoms with van der Waals surface area (Å²) in [6, 6.07) is 12.9. The Bertz CT molecular complexity index is 839. The van der Waals surface area contributed by atoms with Gasteiger partial charge in [-0.3, -0.25) is 4.79 Å². The molecule has 2 aromatic carbocycles. The molecule has 0 radical (unpaired) electrons. The number of aliphatic carboxylic acids is 1. The molecule has 0 saturated heterocycles. The molecule has 1 aromatic heterocycles. The standard InChI is InChI=1S/C16H11Cl2NO2/c17-11-2-1-3-13(7-11)19-9-10(6-16(20)21)14-8-12(18)4-5-15(14)19/h1-5,7-9H,6H2,(H,20,21). The van der Waals surface area contributed by atoms with Crippen LogP contribution in [0.2, 0.25) is 10.0 Å². The number of aromatic nitrogens is 1. The third-order valence-electron chi connectivity index (χ3n) is 3.28. The number of carbonyl (C=O) groups is 1. The van der Waals surface area contributed by atoms with Gasteiger partial charge in [0.05, 0.1) is 11.9 Å². The summed E-state index contributed by atoms with van der Waals surface area (Å²) in [5.74, 6) is -0.875. The zero-order valence-electron chi connectivity index (χ0n) is 10.9. The maximum atomic E-state index is 11.0. The first kappa shape index (κ1) is 14.0. The SMILES string of the molecule is O=C(O)Cc1cn(-c2cccc(Cl)c2)c2ccc(Cl)cc12. The maximum absolute atomic E-state index is 11.0. The van der Waals surface area contributed by atoms with Crippen molar-refractivity contribution >= 4 is 40.1 Å². The molecule has 21 heavy (non-hydrogen) atoms. The van der Waals surface area contributed by atoms with E-state index >= 15 is 0 Å². The molecule has 0 spiro atoms. The third kappa shape index (κ3) is 2.75. The number of hydrogen-bond donors (Lipinski definition) is 1. The average Bonchev–Trinajstić information content (AvgIpc) is 2.76. The number of hydrogen-bond acceptors (Lipinski definition) is 1. The summed E-state index contributed by atoms with van der Waals surface area (Å²) in [5, 5.41) is 11.1. The van der Waals surface area contributed by atoms with Gasteiger partial charge in [-0.05, 0) is 42.0 Å². The van der Waals surface area contributed by atoms with Crippen LogP contribution in [-0.2, 0) is 11.2 Å². The molecule has 0 unspecified atom stereocenters. The van der Waals surface area contributed by atoms with Crippen molar-refractivity contribution in [2.75, 3.05) is 0 Å². The van der Waals surface area contributed by atoms with E-state index in [2.05, 4.69) is 0 Å². The fraction of sp³-hybridized carbons (Fsp3) is 0.0625. The van der Waals surface area contributed by atoms with Crippen LogP contribution in [0.25, 0.3) is 16.6 Å². The van der Waals surface area contributed by atoms with Crippen molar-refractivity contribution in [3.8, 4) is 5.69 Å². The minimum Gasteiger partial charge on any atom is -0.481 e. The normalized spacial score (nSPS) is 11.0. The van der Waals surface area contributed by atoms with Crippen LogP contribution in [0, 0.1) is 0 Å². The van der Waals surface area contributed by atoms with Crippen molar-refractivity contribution in [3.63, 3.8) is 0 Å². The van der Waals surface area contributed by atoms with Gasteiger partial charge in [0.15, 0.2) is 0 Å². The van der Waals surface area contributed by atoms with E-state index in [0.29, 0.717) is 10.0 Å². The van der Waals surface area contributed by atoms with Gasteiger partial charge in [0.2, 0.25) is 0 Å². The summed E-state index contributed by atoms with van der Waals surface area (Å²) in [4.78, 5) is 11.0. The Labute approximate surface area is 131 Å². The number of benzene rings is 2. The Morgan fingerprint density at radius 2 is 1.86 bits per heavy atom. The Morgan fingerprint density at radius 3 is 2.57 bits per heavy atom. The topological polar surface area (TPSA) is 42.2 Å². The van der Waals surface area contributed by atoms with E-state index in [-0.39, 0.29) is 6.42 Å². The highest BCUT2D eigenvalue weighted by Crippen LogP contribution is 2.28. The first-order valence-corrected chi connectivity index (χ1v) is 7.07. The fourth-order valence-corrected chi connectivity index (χ4v) is 2.77. The molecule has 3 nitrogen and oxygen atoms in total. The molecule has 1 N–H and O–H groups in total. The first-order chi connectivity index (χ1) is 10.0. The van der Waals surface area contributed by atoms with Crippen molar-refractivity contribution < 1.29 is 9.90 Å². The van der Waals surface area contributed by atoms with Gasteiger partial charge in [0, 0.05) is 27.3 Å². The summed E-state index contributed by atoms with van der Waals surface area (Å²) < 4.78 is 1.93. The Morgan fingerprint density at radius 1 is 1.10 bits per heavy atom. The van der Waals surface area contributed by atoms with Crippen molar-refractivity contribution in [2.45, 2.75) is 6.42 Å². The van der Waals surface area contributed by atoms with Crippen LogP contribution in [0.3, 0.4) is 0 Å². The minimum atomic E-state index is -0.875. The van der Waals surface area contributed by atoms with E-state index < -0.39 is 5.97 Å². The van der Waals surface area contributed by atoms with Crippen LogP contribution >= 0.6 is 23.2 Å². The van der Waals surface area contributed by atoms with Gasteiger partial charge in [0.1, 0.15) is 0 Å². The summed E-state index contributed by atoms with van der Waals surface area (Å²) in [6.07, 6.45) is 1.77. The molecule has 0 amide bonds. The monoisotopic (exact) mass is 319 g/mol. The summed E-state index contributed by atoms with van der Waals surface area (Å²) in [5.41, 5.74) is 2.50. The second kappa shape index (κ2) is 5.43.